The normalized spacial score (nSPS) is 10.8. The van der Waals surface area contributed by atoms with Gasteiger partial charge in [-0.25, -0.2) is 9.53 Å². The van der Waals surface area contributed by atoms with Crippen LogP contribution in [0.2, 0.25) is 0 Å². The molecular weight excluding hydrogens is 194 g/mol. The van der Waals surface area contributed by atoms with Gasteiger partial charge in [-0.05, 0) is 26.0 Å². The molecule has 1 aromatic heterocycles. The van der Waals surface area contributed by atoms with Crippen LogP contribution in [0.1, 0.15) is 24.2 Å². The highest BCUT2D eigenvalue weighted by Gasteiger charge is 2.14. The van der Waals surface area contributed by atoms with E-state index in [9.17, 15) is 9.59 Å². The van der Waals surface area contributed by atoms with Gasteiger partial charge < -0.3 is 4.52 Å². The summed E-state index contributed by atoms with van der Waals surface area (Å²) < 4.78 is 6.47. The molecule has 0 aliphatic carbocycles. The molecule has 0 saturated heterocycles. The van der Waals surface area contributed by atoms with E-state index in [0.29, 0.717) is 23.0 Å². The molecule has 78 valence electrons. The minimum atomic E-state index is -0.394. The van der Waals surface area contributed by atoms with Crippen LogP contribution in [0.25, 0.3) is 10.9 Å². The van der Waals surface area contributed by atoms with Crippen molar-refractivity contribution >= 4 is 16.7 Å². The standard InChI is InChI=1S/C11H11NO3/c1-3-12-10-8(7(2)13)5-4-6-9(10)11(14)15-12/h4-6H,3H2,1-2H3. The highest BCUT2D eigenvalue weighted by atomic mass is 16.5. The number of carbonyl (C=O) groups is 1. The zero-order valence-electron chi connectivity index (χ0n) is 8.61. The van der Waals surface area contributed by atoms with E-state index in [0.717, 1.165) is 0 Å². The Balaban J connectivity index is 2.94. The molecule has 4 nitrogen and oxygen atoms in total. The molecule has 2 rings (SSSR count). The highest BCUT2D eigenvalue weighted by molar-refractivity contribution is 6.05. The number of aryl methyl sites for hydroxylation is 1. The monoisotopic (exact) mass is 205 g/mol. The zero-order chi connectivity index (χ0) is 11.0. The predicted octanol–water partition coefficient (Wildman–Crippen LogP) is 1.82. The number of Topliss-reactive ketones (excluding diaryl/α,β-unsaturated/α-hetero) is 1. The first-order valence-corrected chi connectivity index (χ1v) is 4.79. The van der Waals surface area contributed by atoms with E-state index in [4.69, 9.17) is 4.52 Å². The van der Waals surface area contributed by atoms with Crippen molar-refractivity contribution in [1.29, 1.82) is 0 Å². The van der Waals surface area contributed by atoms with E-state index in [2.05, 4.69) is 0 Å². The van der Waals surface area contributed by atoms with Crippen molar-refractivity contribution in [3.8, 4) is 0 Å². The molecule has 0 aliphatic rings. The van der Waals surface area contributed by atoms with Crippen LogP contribution in [-0.4, -0.2) is 10.5 Å². The number of rotatable bonds is 2. The Morgan fingerprint density at radius 3 is 2.80 bits per heavy atom. The number of nitrogens with zero attached hydrogens (tertiary/aromatic N) is 1. The van der Waals surface area contributed by atoms with E-state index in [1.807, 2.05) is 6.92 Å². The second-order valence-electron chi connectivity index (χ2n) is 3.33. The third-order valence-electron chi connectivity index (χ3n) is 2.36. The van der Waals surface area contributed by atoms with Gasteiger partial charge in [0.1, 0.15) is 5.52 Å². The lowest BCUT2D eigenvalue weighted by molar-refractivity contribution is 0.101. The van der Waals surface area contributed by atoms with Gasteiger partial charge in [-0.3, -0.25) is 4.79 Å². The number of para-hydroxylation sites is 1. The summed E-state index contributed by atoms with van der Waals surface area (Å²) >= 11 is 0. The summed E-state index contributed by atoms with van der Waals surface area (Å²) in [6.45, 7) is 3.87. The molecule has 0 spiro atoms. The number of aromatic nitrogens is 1. The van der Waals surface area contributed by atoms with Gasteiger partial charge in [0, 0.05) is 5.56 Å². The van der Waals surface area contributed by atoms with Crippen LogP contribution < -0.4 is 5.63 Å². The van der Waals surface area contributed by atoms with Crippen molar-refractivity contribution in [3.05, 3.63) is 34.2 Å². The molecule has 0 N–H and O–H groups in total. The predicted molar refractivity (Wildman–Crippen MR) is 56.2 cm³/mol. The quantitative estimate of drug-likeness (QED) is 0.702. The lowest BCUT2D eigenvalue weighted by Gasteiger charge is -2.01. The first-order valence-electron chi connectivity index (χ1n) is 4.79. The van der Waals surface area contributed by atoms with Crippen LogP contribution in [0.3, 0.4) is 0 Å². The van der Waals surface area contributed by atoms with Gasteiger partial charge >= 0.3 is 5.63 Å². The van der Waals surface area contributed by atoms with E-state index in [1.54, 1.807) is 18.2 Å². The van der Waals surface area contributed by atoms with Gasteiger partial charge in [-0.1, -0.05) is 6.07 Å². The van der Waals surface area contributed by atoms with Crippen LogP contribution in [0.4, 0.5) is 0 Å². The molecular formula is C11H11NO3. The summed E-state index contributed by atoms with van der Waals surface area (Å²) in [7, 11) is 0. The third-order valence-corrected chi connectivity index (χ3v) is 2.36. The number of ketones is 1. The maximum atomic E-state index is 11.4. The fourth-order valence-corrected chi connectivity index (χ4v) is 1.68. The molecule has 0 amide bonds. The van der Waals surface area contributed by atoms with Crippen molar-refractivity contribution in [1.82, 2.24) is 4.74 Å². The van der Waals surface area contributed by atoms with Crippen LogP contribution in [0.5, 0.6) is 0 Å². The molecule has 4 heteroatoms. The number of hydrogen-bond donors (Lipinski definition) is 0. The molecule has 0 unspecified atom stereocenters. The maximum absolute atomic E-state index is 11.4. The Kier molecular flexibility index (Phi) is 2.19. The first-order chi connectivity index (χ1) is 7.15. The van der Waals surface area contributed by atoms with Crippen LogP contribution >= 0.6 is 0 Å². The Morgan fingerprint density at radius 1 is 1.47 bits per heavy atom. The van der Waals surface area contributed by atoms with Crippen LogP contribution in [-0.2, 0) is 6.54 Å². The minimum Gasteiger partial charge on any atom is -0.335 e. The van der Waals surface area contributed by atoms with Gasteiger partial charge in [0.2, 0.25) is 0 Å². The molecule has 0 bridgehead atoms. The van der Waals surface area contributed by atoms with Crippen molar-refractivity contribution in [3.63, 3.8) is 0 Å². The third kappa shape index (κ3) is 1.38. The van der Waals surface area contributed by atoms with Crippen molar-refractivity contribution in [2.75, 3.05) is 0 Å². The molecule has 0 saturated carbocycles. The van der Waals surface area contributed by atoms with Crippen LogP contribution in [0, 0.1) is 0 Å². The van der Waals surface area contributed by atoms with E-state index in [1.165, 1.54) is 11.7 Å². The van der Waals surface area contributed by atoms with Gasteiger partial charge in [0.05, 0.1) is 11.9 Å². The lowest BCUT2D eigenvalue weighted by atomic mass is 10.1. The highest BCUT2D eigenvalue weighted by Crippen LogP contribution is 2.17. The second kappa shape index (κ2) is 3.38. The maximum Gasteiger partial charge on any atom is 0.365 e. The van der Waals surface area contributed by atoms with E-state index in [-0.39, 0.29) is 5.78 Å². The topological polar surface area (TPSA) is 52.2 Å². The summed E-state index contributed by atoms with van der Waals surface area (Å²) in [5, 5.41) is 0.463. The summed E-state index contributed by atoms with van der Waals surface area (Å²) in [6, 6.07) is 5.06. The Labute approximate surface area is 86.1 Å². The van der Waals surface area contributed by atoms with Gasteiger partial charge in [0.25, 0.3) is 0 Å². The van der Waals surface area contributed by atoms with Crippen molar-refractivity contribution in [2.45, 2.75) is 20.4 Å². The largest absolute Gasteiger partial charge is 0.365 e. The Bertz CT molecular complexity index is 577. The number of fused-ring (bicyclic) bond motifs is 1. The molecule has 0 aliphatic heterocycles. The van der Waals surface area contributed by atoms with Crippen molar-refractivity contribution < 1.29 is 9.32 Å². The first kappa shape index (κ1) is 9.71. The van der Waals surface area contributed by atoms with E-state index >= 15 is 0 Å². The summed E-state index contributed by atoms with van der Waals surface area (Å²) in [5.41, 5.74) is 0.729. The van der Waals surface area contributed by atoms with E-state index < -0.39 is 5.63 Å². The summed E-state index contributed by atoms with van der Waals surface area (Å²) in [4.78, 5) is 22.8. The van der Waals surface area contributed by atoms with Crippen LogP contribution in [0.15, 0.2) is 27.5 Å². The molecule has 0 atom stereocenters. The SMILES string of the molecule is CCn1oc(=O)c2cccc(C(C)=O)c21. The van der Waals surface area contributed by atoms with Gasteiger partial charge in [-0.15, -0.1) is 0 Å². The average molecular weight is 205 g/mol. The Hall–Kier alpha value is -1.84. The second-order valence-corrected chi connectivity index (χ2v) is 3.33. The molecule has 0 radical (unpaired) electrons. The van der Waals surface area contributed by atoms with Crippen molar-refractivity contribution in [2.24, 2.45) is 0 Å². The Morgan fingerprint density at radius 2 is 2.20 bits per heavy atom. The summed E-state index contributed by atoms with van der Waals surface area (Å²) in [5.74, 6) is -0.0661. The smallest absolute Gasteiger partial charge is 0.335 e. The molecule has 1 heterocycles. The summed E-state index contributed by atoms with van der Waals surface area (Å²) in [6.07, 6.45) is 0. The fourth-order valence-electron chi connectivity index (χ4n) is 1.68. The molecule has 2 aromatic rings. The number of hydrogen-bond acceptors (Lipinski definition) is 3. The number of benzene rings is 1. The minimum absolute atomic E-state index is 0.0661. The van der Waals surface area contributed by atoms with Gasteiger partial charge in [-0.2, -0.15) is 0 Å². The van der Waals surface area contributed by atoms with Gasteiger partial charge in [0.15, 0.2) is 5.78 Å². The zero-order valence-corrected chi connectivity index (χ0v) is 8.61. The average Bonchev–Trinajstić information content (AvgIpc) is 2.55. The lowest BCUT2D eigenvalue weighted by Crippen LogP contribution is -1.99. The molecule has 0 fully saturated rings. The fraction of sp³-hybridized carbons (Fsp3) is 0.273. The molecule has 1 aromatic carbocycles. The number of carbonyl (C=O) groups excluding carboxylic acids is 1. The molecule has 15 heavy (non-hydrogen) atoms.